The second-order valence-electron chi connectivity index (χ2n) is 4.66. The summed E-state index contributed by atoms with van der Waals surface area (Å²) in [5, 5.41) is 2.80. The highest BCUT2D eigenvalue weighted by atomic mass is 16.2. The molecule has 3 heteroatoms. The molecule has 1 unspecified atom stereocenters. The van der Waals surface area contributed by atoms with Crippen LogP contribution in [0.2, 0.25) is 0 Å². The molecule has 1 atom stereocenters. The van der Waals surface area contributed by atoms with Gasteiger partial charge in [-0.25, -0.2) is 0 Å². The summed E-state index contributed by atoms with van der Waals surface area (Å²) >= 11 is 0. The number of ketones is 1. The van der Waals surface area contributed by atoms with Gasteiger partial charge in [-0.05, 0) is 32.4 Å². The van der Waals surface area contributed by atoms with Gasteiger partial charge in [0.2, 0.25) is 5.91 Å². The van der Waals surface area contributed by atoms with Crippen molar-refractivity contribution in [3.63, 3.8) is 0 Å². The zero-order chi connectivity index (χ0) is 13.5. The van der Waals surface area contributed by atoms with Gasteiger partial charge in [0, 0.05) is 5.69 Å². The molecule has 0 radical (unpaired) electrons. The van der Waals surface area contributed by atoms with Gasteiger partial charge in [-0.1, -0.05) is 37.5 Å². The average molecular weight is 247 g/mol. The standard InChI is InChI=1S/C15H21NO2/c1-4-5-6-14(12(3)17)15(18)16-13-9-7-11(2)8-10-13/h7-10,14H,4-6H2,1-3H3,(H,16,18). The van der Waals surface area contributed by atoms with Crippen LogP contribution in [0.4, 0.5) is 5.69 Å². The molecule has 0 heterocycles. The number of anilines is 1. The van der Waals surface area contributed by atoms with Crippen molar-refractivity contribution in [2.45, 2.75) is 40.0 Å². The number of hydrogen-bond acceptors (Lipinski definition) is 2. The Labute approximate surface area is 109 Å². The Kier molecular flexibility index (Phi) is 5.56. The van der Waals surface area contributed by atoms with Crippen molar-refractivity contribution in [3.8, 4) is 0 Å². The van der Waals surface area contributed by atoms with Crippen molar-refractivity contribution >= 4 is 17.4 Å². The molecule has 0 aromatic heterocycles. The summed E-state index contributed by atoms with van der Waals surface area (Å²) in [7, 11) is 0. The van der Waals surface area contributed by atoms with E-state index in [0.717, 1.165) is 24.1 Å². The van der Waals surface area contributed by atoms with Gasteiger partial charge in [0.15, 0.2) is 0 Å². The number of aryl methyl sites for hydroxylation is 1. The second kappa shape index (κ2) is 6.94. The molecule has 1 amide bonds. The van der Waals surface area contributed by atoms with Crippen molar-refractivity contribution in [2.75, 3.05) is 5.32 Å². The maximum absolute atomic E-state index is 12.0. The molecule has 1 N–H and O–H groups in total. The number of carbonyl (C=O) groups excluding carboxylic acids is 2. The first-order chi connectivity index (χ1) is 8.54. The first-order valence-electron chi connectivity index (χ1n) is 6.42. The number of nitrogens with one attached hydrogen (secondary N) is 1. The Bertz CT molecular complexity index is 409. The third-order valence-corrected chi connectivity index (χ3v) is 2.97. The zero-order valence-electron chi connectivity index (χ0n) is 11.3. The SMILES string of the molecule is CCCCC(C(C)=O)C(=O)Nc1ccc(C)cc1. The third-order valence-electron chi connectivity index (χ3n) is 2.97. The van der Waals surface area contributed by atoms with Gasteiger partial charge >= 0.3 is 0 Å². The minimum atomic E-state index is -0.522. The fourth-order valence-corrected chi connectivity index (χ4v) is 1.79. The molecule has 0 aliphatic heterocycles. The molecule has 1 aromatic carbocycles. The molecule has 0 spiro atoms. The molecular formula is C15H21NO2. The van der Waals surface area contributed by atoms with Gasteiger partial charge in [-0.15, -0.1) is 0 Å². The number of rotatable bonds is 6. The predicted molar refractivity (Wildman–Crippen MR) is 73.5 cm³/mol. The lowest BCUT2D eigenvalue weighted by molar-refractivity contribution is -0.130. The van der Waals surface area contributed by atoms with E-state index in [4.69, 9.17) is 0 Å². The van der Waals surface area contributed by atoms with Crippen LogP contribution in [-0.2, 0) is 9.59 Å². The number of unbranched alkanes of at least 4 members (excludes halogenated alkanes) is 1. The van der Waals surface area contributed by atoms with E-state index in [1.165, 1.54) is 6.92 Å². The minimum Gasteiger partial charge on any atom is -0.325 e. The van der Waals surface area contributed by atoms with Crippen LogP contribution in [0, 0.1) is 12.8 Å². The van der Waals surface area contributed by atoms with Crippen LogP contribution >= 0.6 is 0 Å². The van der Waals surface area contributed by atoms with E-state index in [2.05, 4.69) is 12.2 Å². The fourth-order valence-electron chi connectivity index (χ4n) is 1.79. The van der Waals surface area contributed by atoms with Gasteiger partial charge in [0.05, 0.1) is 5.92 Å². The van der Waals surface area contributed by atoms with Crippen molar-refractivity contribution < 1.29 is 9.59 Å². The van der Waals surface area contributed by atoms with Crippen LogP contribution in [-0.4, -0.2) is 11.7 Å². The summed E-state index contributed by atoms with van der Waals surface area (Å²) in [6.07, 6.45) is 2.51. The monoisotopic (exact) mass is 247 g/mol. The first kappa shape index (κ1) is 14.4. The van der Waals surface area contributed by atoms with Gasteiger partial charge in [0.25, 0.3) is 0 Å². The van der Waals surface area contributed by atoms with E-state index < -0.39 is 5.92 Å². The quantitative estimate of drug-likeness (QED) is 0.784. The molecule has 1 aromatic rings. The summed E-state index contributed by atoms with van der Waals surface area (Å²) in [6, 6.07) is 7.57. The van der Waals surface area contributed by atoms with Crippen LogP contribution < -0.4 is 5.32 Å². The Morgan fingerprint density at radius 3 is 2.33 bits per heavy atom. The summed E-state index contributed by atoms with van der Waals surface area (Å²) in [5.74, 6) is -0.779. The molecule has 0 bridgehead atoms. The highest BCUT2D eigenvalue weighted by Gasteiger charge is 2.22. The number of benzene rings is 1. The Hall–Kier alpha value is -1.64. The van der Waals surface area contributed by atoms with E-state index >= 15 is 0 Å². The lowest BCUT2D eigenvalue weighted by Crippen LogP contribution is -2.28. The van der Waals surface area contributed by atoms with Gasteiger partial charge in [-0.3, -0.25) is 9.59 Å². The van der Waals surface area contributed by atoms with Gasteiger partial charge in [-0.2, -0.15) is 0 Å². The molecular weight excluding hydrogens is 226 g/mol. The van der Waals surface area contributed by atoms with Gasteiger partial charge < -0.3 is 5.32 Å². The summed E-state index contributed by atoms with van der Waals surface area (Å²) in [5.41, 5.74) is 1.88. The van der Waals surface area contributed by atoms with Crippen molar-refractivity contribution in [1.82, 2.24) is 0 Å². The maximum atomic E-state index is 12.0. The van der Waals surface area contributed by atoms with Crippen LogP contribution in [0.25, 0.3) is 0 Å². The number of amides is 1. The van der Waals surface area contributed by atoms with Crippen molar-refractivity contribution in [1.29, 1.82) is 0 Å². The minimum absolute atomic E-state index is 0.0620. The molecule has 0 aliphatic carbocycles. The van der Waals surface area contributed by atoms with Crippen LogP contribution in [0.5, 0.6) is 0 Å². The number of Topliss-reactive ketones (excluding diaryl/α,β-unsaturated/α-hetero) is 1. The number of hydrogen-bond donors (Lipinski definition) is 1. The van der Waals surface area contributed by atoms with Crippen LogP contribution in [0.3, 0.4) is 0 Å². The smallest absolute Gasteiger partial charge is 0.234 e. The maximum Gasteiger partial charge on any atom is 0.234 e. The predicted octanol–water partition coefficient (Wildman–Crippen LogP) is 3.33. The first-order valence-corrected chi connectivity index (χ1v) is 6.42. The molecule has 0 saturated heterocycles. The molecule has 0 aliphatic rings. The molecule has 1 rings (SSSR count). The van der Waals surface area contributed by atoms with Crippen molar-refractivity contribution in [3.05, 3.63) is 29.8 Å². The van der Waals surface area contributed by atoms with Crippen LogP contribution in [0.1, 0.15) is 38.7 Å². The summed E-state index contributed by atoms with van der Waals surface area (Å²) in [4.78, 5) is 23.5. The number of carbonyl (C=O) groups is 2. The van der Waals surface area contributed by atoms with E-state index in [9.17, 15) is 9.59 Å². The zero-order valence-corrected chi connectivity index (χ0v) is 11.3. The lowest BCUT2D eigenvalue weighted by Gasteiger charge is -2.13. The Balaban J connectivity index is 2.66. The third kappa shape index (κ3) is 4.32. The molecule has 0 saturated carbocycles. The fraction of sp³-hybridized carbons (Fsp3) is 0.467. The highest BCUT2D eigenvalue weighted by Crippen LogP contribution is 2.15. The molecule has 0 fully saturated rings. The second-order valence-corrected chi connectivity index (χ2v) is 4.66. The molecule has 18 heavy (non-hydrogen) atoms. The molecule has 3 nitrogen and oxygen atoms in total. The average Bonchev–Trinajstić information content (AvgIpc) is 2.32. The molecule has 98 valence electrons. The normalized spacial score (nSPS) is 11.9. The van der Waals surface area contributed by atoms with E-state index in [0.29, 0.717) is 6.42 Å². The highest BCUT2D eigenvalue weighted by molar-refractivity contribution is 6.06. The topological polar surface area (TPSA) is 46.2 Å². The Morgan fingerprint density at radius 1 is 1.22 bits per heavy atom. The van der Waals surface area contributed by atoms with E-state index in [1.807, 2.05) is 31.2 Å². The largest absolute Gasteiger partial charge is 0.325 e. The van der Waals surface area contributed by atoms with E-state index in [1.54, 1.807) is 0 Å². The van der Waals surface area contributed by atoms with E-state index in [-0.39, 0.29) is 11.7 Å². The van der Waals surface area contributed by atoms with Crippen LogP contribution in [0.15, 0.2) is 24.3 Å². The van der Waals surface area contributed by atoms with Crippen molar-refractivity contribution in [2.24, 2.45) is 5.92 Å². The summed E-state index contributed by atoms with van der Waals surface area (Å²) in [6.45, 7) is 5.52. The Morgan fingerprint density at radius 2 is 1.83 bits per heavy atom. The summed E-state index contributed by atoms with van der Waals surface area (Å²) < 4.78 is 0. The van der Waals surface area contributed by atoms with Gasteiger partial charge in [0.1, 0.15) is 5.78 Å². The lowest BCUT2D eigenvalue weighted by atomic mass is 9.97.